The Hall–Kier alpha value is -3.83. The number of esters is 1. The number of rotatable bonds is 4. The molecular weight excluding hydrogens is 350 g/mol. The summed E-state index contributed by atoms with van der Waals surface area (Å²) < 4.78 is 5.22. The summed E-state index contributed by atoms with van der Waals surface area (Å²) in [7, 11) is 0. The largest absolute Gasteiger partial charge is 0.464 e. The van der Waals surface area contributed by atoms with Gasteiger partial charge in [-0.2, -0.15) is 10.5 Å². The fourth-order valence-electron chi connectivity index (χ4n) is 3.53. The zero-order valence-electron chi connectivity index (χ0n) is 15.4. The minimum absolute atomic E-state index is 0.0776. The van der Waals surface area contributed by atoms with Crippen LogP contribution in [0.3, 0.4) is 0 Å². The molecule has 1 aliphatic carbocycles. The van der Waals surface area contributed by atoms with Crippen molar-refractivity contribution in [2.75, 3.05) is 6.61 Å². The van der Waals surface area contributed by atoms with Crippen molar-refractivity contribution >= 4 is 11.5 Å². The molecule has 5 heteroatoms. The van der Waals surface area contributed by atoms with Gasteiger partial charge in [-0.05, 0) is 23.6 Å². The topological polar surface area (TPSA) is 99.9 Å². The molecule has 2 atom stereocenters. The van der Waals surface area contributed by atoms with E-state index in [1.165, 1.54) is 0 Å². The molecule has 0 aromatic heterocycles. The van der Waals surface area contributed by atoms with Crippen LogP contribution in [0.4, 0.5) is 0 Å². The van der Waals surface area contributed by atoms with Gasteiger partial charge in [0.15, 0.2) is 0 Å². The Bertz CT molecular complexity index is 1030. The second kappa shape index (κ2) is 7.82. The smallest absolute Gasteiger partial charge is 0.333 e. The van der Waals surface area contributed by atoms with E-state index in [9.17, 15) is 15.3 Å². The lowest BCUT2D eigenvalue weighted by Crippen LogP contribution is -2.44. The van der Waals surface area contributed by atoms with Crippen molar-refractivity contribution in [3.63, 3.8) is 0 Å². The molecule has 28 heavy (non-hydrogen) atoms. The number of nitrogens with zero attached hydrogens (tertiary/aromatic N) is 2. The van der Waals surface area contributed by atoms with Crippen LogP contribution in [0.2, 0.25) is 0 Å². The van der Waals surface area contributed by atoms with Gasteiger partial charge in [-0.15, -0.1) is 0 Å². The molecule has 0 amide bonds. The summed E-state index contributed by atoms with van der Waals surface area (Å²) in [5, 5.41) is 19.9. The van der Waals surface area contributed by atoms with E-state index in [0.717, 1.165) is 11.1 Å². The van der Waals surface area contributed by atoms with E-state index >= 15 is 0 Å². The molecule has 0 saturated heterocycles. The number of hydrogen-bond donors (Lipinski definition) is 1. The van der Waals surface area contributed by atoms with E-state index < -0.39 is 17.3 Å². The highest BCUT2D eigenvalue weighted by Gasteiger charge is 2.53. The average Bonchev–Trinajstić information content (AvgIpc) is 2.74. The Labute approximate surface area is 164 Å². The summed E-state index contributed by atoms with van der Waals surface area (Å²) >= 11 is 0. The van der Waals surface area contributed by atoms with E-state index in [2.05, 4.69) is 12.1 Å². The number of nitriles is 2. The summed E-state index contributed by atoms with van der Waals surface area (Å²) in [6.45, 7) is 1.77. The van der Waals surface area contributed by atoms with Gasteiger partial charge in [-0.25, -0.2) is 4.79 Å². The van der Waals surface area contributed by atoms with Crippen molar-refractivity contribution < 1.29 is 9.53 Å². The van der Waals surface area contributed by atoms with Crippen molar-refractivity contribution in [2.45, 2.75) is 12.8 Å². The Kier molecular flexibility index (Phi) is 5.29. The van der Waals surface area contributed by atoms with E-state index in [-0.39, 0.29) is 17.9 Å². The standard InChI is InChI=1S/C23H19N3O2/c1-2-28-22(27)23(15-25)20(17-11-7-4-8-12-17)13-18(19(14-24)21(23)26)16-9-5-3-6-10-16/h3-13,20H,2,26H2,1H3/t20-,23-/m1/s1. The van der Waals surface area contributed by atoms with Gasteiger partial charge in [0, 0.05) is 5.92 Å². The van der Waals surface area contributed by atoms with Crippen LogP contribution in [-0.2, 0) is 9.53 Å². The van der Waals surface area contributed by atoms with E-state index in [1.54, 1.807) is 13.0 Å². The first-order chi connectivity index (χ1) is 13.6. The van der Waals surface area contributed by atoms with Crippen molar-refractivity contribution in [3.8, 4) is 12.1 Å². The highest BCUT2D eigenvalue weighted by atomic mass is 16.5. The third kappa shape index (κ3) is 2.94. The second-order valence-electron chi connectivity index (χ2n) is 6.38. The molecule has 2 aromatic rings. The summed E-state index contributed by atoms with van der Waals surface area (Å²) in [4.78, 5) is 13.0. The summed E-state index contributed by atoms with van der Waals surface area (Å²) in [5.41, 5.74) is 6.73. The Morgan fingerprint density at radius 2 is 1.71 bits per heavy atom. The fourth-order valence-corrected chi connectivity index (χ4v) is 3.53. The number of allylic oxidation sites excluding steroid dienone is 3. The van der Waals surface area contributed by atoms with Crippen LogP contribution in [0, 0.1) is 28.1 Å². The SMILES string of the molecule is CCOC(=O)[C@@]1(C#N)C(N)=C(C#N)C(c2ccccc2)=C[C@@H]1c1ccccc1. The van der Waals surface area contributed by atoms with Crippen LogP contribution in [0.5, 0.6) is 0 Å². The third-order valence-electron chi connectivity index (χ3n) is 4.89. The van der Waals surface area contributed by atoms with Gasteiger partial charge in [-0.1, -0.05) is 66.7 Å². The lowest BCUT2D eigenvalue weighted by molar-refractivity contribution is -0.150. The zero-order valence-corrected chi connectivity index (χ0v) is 15.4. The van der Waals surface area contributed by atoms with E-state index in [1.807, 2.05) is 60.7 Å². The predicted octanol–water partition coefficient (Wildman–Crippen LogP) is 3.68. The number of carbonyl (C=O) groups excluding carboxylic acids is 1. The normalized spacial score (nSPS) is 21.2. The summed E-state index contributed by atoms with van der Waals surface area (Å²) in [6, 6.07) is 22.7. The molecule has 3 rings (SSSR count). The first kappa shape index (κ1) is 18.9. The van der Waals surface area contributed by atoms with Crippen LogP contribution >= 0.6 is 0 Å². The molecule has 0 saturated carbocycles. The molecule has 0 fully saturated rings. The maximum absolute atomic E-state index is 13.0. The van der Waals surface area contributed by atoms with Crippen molar-refractivity contribution in [3.05, 3.63) is 89.1 Å². The third-order valence-corrected chi connectivity index (χ3v) is 4.89. The van der Waals surface area contributed by atoms with Crippen LogP contribution in [0.25, 0.3) is 5.57 Å². The Balaban J connectivity index is 2.32. The zero-order chi connectivity index (χ0) is 20.1. The monoisotopic (exact) mass is 369 g/mol. The molecule has 0 spiro atoms. The number of benzene rings is 2. The molecular formula is C23H19N3O2. The molecule has 0 bridgehead atoms. The van der Waals surface area contributed by atoms with Gasteiger partial charge in [0.2, 0.25) is 5.41 Å². The Morgan fingerprint density at radius 3 is 2.25 bits per heavy atom. The minimum atomic E-state index is -1.80. The quantitative estimate of drug-likeness (QED) is 0.829. The van der Waals surface area contributed by atoms with Crippen LogP contribution in [0.15, 0.2) is 78.0 Å². The Morgan fingerprint density at radius 1 is 1.11 bits per heavy atom. The van der Waals surface area contributed by atoms with Crippen molar-refractivity contribution in [2.24, 2.45) is 11.1 Å². The first-order valence-electron chi connectivity index (χ1n) is 8.91. The molecule has 0 heterocycles. The maximum Gasteiger partial charge on any atom is 0.333 e. The van der Waals surface area contributed by atoms with Crippen LogP contribution in [0.1, 0.15) is 24.0 Å². The maximum atomic E-state index is 13.0. The molecule has 1 aliphatic rings. The van der Waals surface area contributed by atoms with E-state index in [4.69, 9.17) is 10.5 Å². The molecule has 5 nitrogen and oxygen atoms in total. The average molecular weight is 369 g/mol. The van der Waals surface area contributed by atoms with Crippen molar-refractivity contribution in [1.82, 2.24) is 0 Å². The molecule has 0 aliphatic heterocycles. The number of hydrogen-bond acceptors (Lipinski definition) is 5. The van der Waals surface area contributed by atoms with Gasteiger partial charge in [0.25, 0.3) is 0 Å². The minimum Gasteiger partial charge on any atom is -0.464 e. The molecule has 2 N–H and O–H groups in total. The van der Waals surface area contributed by atoms with Gasteiger partial charge in [-0.3, -0.25) is 0 Å². The van der Waals surface area contributed by atoms with Gasteiger partial charge in [0.05, 0.1) is 23.9 Å². The fraction of sp³-hybridized carbons (Fsp3) is 0.174. The van der Waals surface area contributed by atoms with Gasteiger partial charge < -0.3 is 10.5 Å². The predicted molar refractivity (Wildman–Crippen MR) is 105 cm³/mol. The number of ether oxygens (including phenoxy) is 1. The molecule has 138 valence electrons. The van der Waals surface area contributed by atoms with E-state index in [0.29, 0.717) is 5.57 Å². The summed E-state index contributed by atoms with van der Waals surface area (Å²) in [5.74, 6) is -1.44. The van der Waals surface area contributed by atoms with Crippen molar-refractivity contribution in [1.29, 1.82) is 10.5 Å². The number of nitrogens with two attached hydrogens (primary N) is 1. The highest BCUT2D eigenvalue weighted by Crippen LogP contribution is 2.49. The molecule has 0 unspecified atom stereocenters. The first-order valence-corrected chi connectivity index (χ1v) is 8.91. The lowest BCUT2D eigenvalue weighted by Gasteiger charge is -2.36. The summed E-state index contributed by atoms with van der Waals surface area (Å²) in [6.07, 6.45) is 1.78. The van der Waals surface area contributed by atoms with Crippen LogP contribution in [-0.4, -0.2) is 12.6 Å². The number of carbonyl (C=O) groups is 1. The molecule has 2 aromatic carbocycles. The van der Waals surface area contributed by atoms with Crippen LogP contribution < -0.4 is 5.73 Å². The lowest BCUT2D eigenvalue weighted by atomic mass is 9.65. The van der Waals surface area contributed by atoms with Gasteiger partial charge in [0.1, 0.15) is 6.07 Å². The van der Waals surface area contributed by atoms with Gasteiger partial charge >= 0.3 is 5.97 Å². The highest BCUT2D eigenvalue weighted by molar-refractivity contribution is 5.94. The second-order valence-corrected chi connectivity index (χ2v) is 6.38. The molecule has 0 radical (unpaired) electrons.